The van der Waals surface area contributed by atoms with Gasteiger partial charge in [-0.2, -0.15) is 0 Å². The second kappa shape index (κ2) is 11.9. The van der Waals surface area contributed by atoms with Crippen LogP contribution in [-0.4, -0.2) is 24.0 Å². The van der Waals surface area contributed by atoms with E-state index in [0.717, 1.165) is 29.7 Å². The fourth-order valence-electron chi connectivity index (χ4n) is 3.18. The molecule has 2 rings (SSSR count). The molecule has 5 heteroatoms. The molecule has 0 aromatic heterocycles. The summed E-state index contributed by atoms with van der Waals surface area (Å²) in [4.78, 5) is 25.0. The van der Waals surface area contributed by atoms with Crippen molar-refractivity contribution in [1.82, 2.24) is 0 Å². The molecule has 0 saturated carbocycles. The lowest BCUT2D eigenvalue weighted by Gasteiger charge is -2.21. The van der Waals surface area contributed by atoms with Crippen LogP contribution in [0, 0.1) is 5.41 Å². The van der Waals surface area contributed by atoms with E-state index in [1.54, 1.807) is 51.1 Å². The zero-order chi connectivity index (χ0) is 25.5. The number of ketones is 1. The number of carbonyl (C=O) groups excluding carboxylic acids is 2. The van der Waals surface area contributed by atoms with Crippen molar-refractivity contribution in [1.29, 1.82) is 0 Å². The van der Waals surface area contributed by atoms with Crippen molar-refractivity contribution < 1.29 is 23.8 Å². The molecule has 0 unspecified atom stereocenters. The molecule has 2 aromatic carbocycles. The maximum Gasteiger partial charge on any atom is 0.316 e. The number of hydrogen-bond donors (Lipinski definition) is 0. The van der Waals surface area contributed by atoms with Crippen molar-refractivity contribution in [2.45, 2.75) is 80.4 Å². The van der Waals surface area contributed by atoms with Gasteiger partial charge in [-0.1, -0.05) is 19.4 Å². The first kappa shape index (κ1) is 27.2. The molecule has 0 aliphatic rings. The predicted molar refractivity (Wildman–Crippen MR) is 137 cm³/mol. The molecule has 0 fully saturated rings. The number of carbonyl (C=O) groups is 2. The van der Waals surface area contributed by atoms with Gasteiger partial charge in [0.05, 0.1) is 23.2 Å². The van der Waals surface area contributed by atoms with Crippen molar-refractivity contribution in [2.24, 2.45) is 5.41 Å². The van der Waals surface area contributed by atoms with Gasteiger partial charge in [-0.25, -0.2) is 0 Å². The number of benzene rings is 2. The molecule has 0 atom stereocenters. The van der Waals surface area contributed by atoms with Crippen LogP contribution in [0.4, 0.5) is 0 Å². The number of rotatable bonds is 10. The molecule has 184 valence electrons. The van der Waals surface area contributed by atoms with Crippen molar-refractivity contribution in [3.63, 3.8) is 0 Å². The summed E-state index contributed by atoms with van der Waals surface area (Å²) >= 11 is 0. The van der Waals surface area contributed by atoms with E-state index in [4.69, 9.17) is 14.2 Å². The number of hydrogen-bond acceptors (Lipinski definition) is 5. The normalized spacial score (nSPS) is 11.8. The Kier molecular flexibility index (Phi) is 9.48. The molecule has 0 heterocycles. The summed E-state index contributed by atoms with van der Waals surface area (Å²) in [5, 5.41) is 0. The Morgan fingerprint density at radius 2 is 1.53 bits per heavy atom. The van der Waals surface area contributed by atoms with E-state index < -0.39 is 5.41 Å². The first-order chi connectivity index (χ1) is 15.9. The molecular formula is C29H38O5. The average Bonchev–Trinajstić information content (AvgIpc) is 2.74. The smallest absolute Gasteiger partial charge is 0.316 e. The van der Waals surface area contributed by atoms with Crippen LogP contribution in [0.3, 0.4) is 0 Å². The van der Waals surface area contributed by atoms with Gasteiger partial charge in [-0.05, 0) is 103 Å². The largest absolute Gasteiger partial charge is 0.490 e. The Balaban J connectivity index is 2.35. The monoisotopic (exact) mass is 466 g/mol. The summed E-state index contributed by atoms with van der Waals surface area (Å²) in [6.45, 7) is 15.4. The molecule has 34 heavy (non-hydrogen) atoms. The molecule has 0 N–H and O–H groups in total. The molecule has 2 aromatic rings. The molecule has 5 nitrogen and oxygen atoms in total. The third-order valence-corrected chi connectivity index (χ3v) is 4.84. The number of aryl methyl sites for hydroxylation is 1. The van der Waals surface area contributed by atoms with Crippen LogP contribution in [0.25, 0.3) is 6.08 Å². The molecule has 0 aliphatic carbocycles. The minimum atomic E-state index is -0.602. The summed E-state index contributed by atoms with van der Waals surface area (Å²) in [5.41, 5.74) is 1.74. The third-order valence-electron chi connectivity index (χ3n) is 4.84. The Bertz CT molecular complexity index is 1010. The maximum absolute atomic E-state index is 12.9. The zero-order valence-electron chi connectivity index (χ0n) is 21.7. The molecule has 0 amide bonds. The Morgan fingerprint density at radius 1 is 0.912 bits per heavy atom. The van der Waals surface area contributed by atoms with Crippen LogP contribution in [0.2, 0.25) is 0 Å². The van der Waals surface area contributed by atoms with Crippen LogP contribution < -0.4 is 14.2 Å². The predicted octanol–water partition coefficient (Wildman–Crippen LogP) is 7.06. The minimum Gasteiger partial charge on any atom is -0.490 e. The van der Waals surface area contributed by atoms with E-state index in [2.05, 4.69) is 6.92 Å². The summed E-state index contributed by atoms with van der Waals surface area (Å²) in [6, 6.07) is 10.6. The summed E-state index contributed by atoms with van der Waals surface area (Å²) in [7, 11) is 0. The first-order valence-corrected chi connectivity index (χ1v) is 12.0. The van der Waals surface area contributed by atoms with Gasteiger partial charge in [0.25, 0.3) is 0 Å². The Hall–Kier alpha value is -3.08. The Morgan fingerprint density at radius 3 is 2.06 bits per heavy atom. The number of esters is 1. The van der Waals surface area contributed by atoms with Gasteiger partial charge in [-0.15, -0.1) is 0 Å². The van der Waals surface area contributed by atoms with E-state index in [1.807, 2.05) is 39.8 Å². The van der Waals surface area contributed by atoms with Crippen molar-refractivity contribution in [3.05, 3.63) is 59.2 Å². The lowest BCUT2D eigenvalue weighted by Crippen LogP contribution is -2.25. The van der Waals surface area contributed by atoms with Crippen molar-refractivity contribution in [3.8, 4) is 17.2 Å². The van der Waals surface area contributed by atoms with E-state index in [0.29, 0.717) is 17.1 Å². The van der Waals surface area contributed by atoms with E-state index in [1.165, 1.54) is 6.08 Å². The fourth-order valence-corrected chi connectivity index (χ4v) is 3.18. The minimum absolute atomic E-state index is 0.0175. The van der Waals surface area contributed by atoms with Crippen LogP contribution in [0.15, 0.2) is 42.5 Å². The lowest BCUT2D eigenvalue weighted by molar-refractivity contribution is -0.143. The zero-order valence-corrected chi connectivity index (χ0v) is 21.7. The average molecular weight is 467 g/mol. The Labute approximate surface area is 204 Å². The van der Waals surface area contributed by atoms with E-state index in [-0.39, 0.29) is 24.0 Å². The molecule has 0 spiro atoms. The molecule has 0 saturated heterocycles. The second-order valence-electron chi connectivity index (χ2n) is 9.91. The summed E-state index contributed by atoms with van der Waals surface area (Å²) in [5.74, 6) is 1.35. The fraction of sp³-hybridized carbons (Fsp3) is 0.448. The van der Waals surface area contributed by atoms with Gasteiger partial charge in [-0.3, -0.25) is 9.59 Å². The molecular weight excluding hydrogens is 428 g/mol. The summed E-state index contributed by atoms with van der Waals surface area (Å²) < 4.78 is 17.6. The van der Waals surface area contributed by atoms with Crippen LogP contribution in [-0.2, 0) is 11.2 Å². The van der Waals surface area contributed by atoms with Crippen molar-refractivity contribution in [2.75, 3.05) is 0 Å². The highest BCUT2D eigenvalue weighted by atomic mass is 16.5. The molecule has 0 radical (unpaired) electrons. The van der Waals surface area contributed by atoms with Crippen molar-refractivity contribution >= 4 is 17.8 Å². The highest BCUT2D eigenvalue weighted by Crippen LogP contribution is 2.36. The van der Waals surface area contributed by atoms with Gasteiger partial charge in [0.15, 0.2) is 5.78 Å². The van der Waals surface area contributed by atoms with Gasteiger partial charge < -0.3 is 14.2 Å². The third kappa shape index (κ3) is 7.75. The van der Waals surface area contributed by atoms with Gasteiger partial charge >= 0.3 is 5.97 Å². The first-order valence-electron chi connectivity index (χ1n) is 12.0. The summed E-state index contributed by atoms with van der Waals surface area (Å²) in [6.07, 6.45) is 5.11. The van der Waals surface area contributed by atoms with E-state index in [9.17, 15) is 9.59 Å². The van der Waals surface area contributed by atoms with Crippen LogP contribution in [0.1, 0.15) is 83.3 Å². The number of ether oxygens (including phenoxy) is 3. The standard InChI is InChI=1S/C29H38O5/c1-9-10-22-13-18-26(32-19(2)3)24(27(22)33-20(4)5)16-17-25(30)21-11-14-23(15-12-21)34-28(31)29(6,7)8/h11-20H,9-10H2,1-8H3. The van der Waals surface area contributed by atoms with Gasteiger partial charge in [0.2, 0.25) is 0 Å². The SMILES string of the molecule is CCCc1ccc(OC(C)C)c(C=CC(=O)c2ccc(OC(=O)C(C)(C)C)cc2)c1OC(C)C. The van der Waals surface area contributed by atoms with E-state index >= 15 is 0 Å². The highest BCUT2D eigenvalue weighted by Gasteiger charge is 2.23. The van der Waals surface area contributed by atoms with Gasteiger partial charge in [0.1, 0.15) is 17.2 Å². The number of allylic oxidation sites excluding steroid dienone is 1. The lowest BCUT2D eigenvalue weighted by atomic mass is 9.97. The molecule has 0 aliphatic heterocycles. The van der Waals surface area contributed by atoms with Crippen LogP contribution in [0.5, 0.6) is 17.2 Å². The maximum atomic E-state index is 12.9. The topological polar surface area (TPSA) is 61.8 Å². The van der Waals surface area contributed by atoms with Gasteiger partial charge in [0, 0.05) is 5.56 Å². The quantitative estimate of drug-likeness (QED) is 0.162. The van der Waals surface area contributed by atoms with Crippen LogP contribution >= 0.6 is 0 Å². The second-order valence-corrected chi connectivity index (χ2v) is 9.91. The highest BCUT2D eigenvalue weighted by molar-refractivity contribution is 6.07. The molecule has 0 bridgehead atoms.